The van der Waals surface area contributed by atoms with E-state index in [-0.39, 0.29) is 11.9 Å². The van der Waals surface area contributed by atoms with Crippen LogP contribution in [0.4, 0.5) is 0 Å². The van der Waals surface area contributed by atoms with Gasteiger partial charge in [-0.25, -0.2) is 0 Å². The van der Waals surface area contributed by atoms with Gasteiger partial charge in [0.1, 0.15) is 0 Å². The normalized spacial score (nSPS) is 17.8. The number of pyridine rings is 1. The van der Waals surface area contributed by atoms with E-state index in [0.29, 0.717) is 5.92 Å². The van der Waals surface area contributed by atoms with Gasteiger partial charge in [0.05, 0.1) is 5.52 Å². The predicted molar refractivity (Wildman–Crippen MR) is 97.8 cm³/mol. The average molecular weight is 325 g/mol. The molecular weight excluding hydrogens is 298 g/mol. The molecule has 0 spiro atoms. The maximum absolute atomic E-state index is 11.2. The van der Waals surface area contributed by atoms with Gasteiger partial charge in [-0.15, -0.1) is 0 Å². The van der Waals surface area contributed by atoms with Gasteiger partial charge in [-0.3, -0.25) is 14.7 Å². The number of rotatable bonds is 4. The van der Waals surface area contributed by atoms with Crippen LogP contribution in [0, 0.1) is 12.8 Å². The van der Waals surface area contributed by atoms with Crippen LogP contribution in [-0.2, 0) is 11.3 Å². The molecular formula is C20H27N3O. The van der Waals surface area contributed by atoms with Crippen LogP contribution >= 0.6 is 0 Å². The zero-order valence-corrected chi connectivity index (χ0v) is 14.9. The van der Waals surface area contributed by atoms with Gasteiger partial charge in [0.15, 0.2) is 0 Å². The number of aryl methyl sites for hydroxylation is 1. The van der Waals surface area contributed by atoms with E-state index < -0.39 is 0 Å². The van der Waals surface area contributed by atoms with Crippen molar-refractivity contribution in [2.45, 2.75) is 46.2 Å². The third-order valence-corrected chi connectivity index (χ3v) is 5.07. The molecule has 0 bridgehead atoms. The second-order valence-corrected chi connectivity index (χ2v) is 7.08. The molecule has 1 saturated heterocycles. The summed E-state index contributed by atoms with van der Waals surface area (Å²) in [7, 11) is 0. The summed E-state index contributed by atoms with van der Waals surface area (Å²) in [6.07, 6.45) is 2.30. The topological polar surface area (TPSA) is 45.2 Å². The van der Waals surface area contributed by atoms with Gasteiger partial charge < -0.3 is 5.32 Å². The zero-order valence-electron chi connectivity index (χ0n) is 14.9. The zero-order chi connectivity index (χ0) is 17.1. The summed E-state index contributed by atoms with van der Waals surface area (Å²) in [5, 5.41) is 4.25. The summed E-state index contributed by atoms with van der Waals surface area (Å²) in [6, 6.07) is 11.1. The Balaban J connectivity index is 1.58. The molecule has 0 radical (unpaired) electrons. The number of nitrogens with one attached hydrogen (secondary N) is 1. The average Bonchev–Trinajstić information content (AvgIpc) is 2.55. The number of piperidine rings is 1. The molecule has 4 nitrogen and oxygen atoms in total. The molecule has 2 aromatic rings. The largest absolute Gasteiger partial charge is 0.354 e. The van der Waals surface area contributed by atoms with Crippen molar-refractivity contribution in [2.75, 3.05) is 13.1 Å². The third-order valence-electron chi connectivity index (χ3n) is 5.07. The smallest absolute Gasteiger partial charge is 0.217 e. The van der Waals surface area contributed by atoms with Crippen molar-refractivity contribution in [3.05, 3.63) is 41.6 Å². The molecule has 4 heteroatoms. The molecule has 128 valence electrons. The highest BCUT2D eigenvalue weighted by Crippen LogP contribution is 2.23. The first-order valence-electron chi connectivity index (χ1n) is 8.87. The number of amides is 1. The van der Waals surface area contributed by atoms with E-state index in [9.17, 15) is 4.79 Å². The standard InChI is InChI=1S/C20H27N3O/c1-14-4-6-19-12-17(5-7-20(19)21-14)13-23-10-8-18(9-11-23)15(2)22-16(3)24/h4-7,12,15,18H,8-11,13H2,1-3H3,(H,22,24)/t15-/m1/s1. The van der Waals surface area contributed by atoms with Crippen LogP contribution < -0.4 is 5.32 Å². The highest BCUT2D eigenvalue weighted by Gasteiger charge is 2.24. The Kier molecular flexibility index (Phi) is 5.14. The summed E-state index contributed by atoms with van der Waals surface area (Å²) < 4.78 is 0. The lowest BCUT2D eigenvalue weighted by Gasteiger charge is -2.35. The van der Waals surface area contributed by atoms with Gasteiger partial charge in [-0.2, -0.15) is 0 Å². The van der Waals surface area contributed by atoms with E-state index in [0.717, 1.165) is 43.7 Å². The number of fused-ring (bicyclic) bond motifs is 1. The Bertz CT molecular complexity index is 720. The minimum absolute atomic E-state index is 0.0740. The third kappa shape index (κ3) is 4.12. The number of nitrogens with zero attached hydrogens (tertiary/aromatic N) is 2. The fourth-order valence-corrected chi connectivity index (χ4v) is 3.68. The van der Waals surface area contributed by atoms with E-state index in [1.165, 1.54) is 10.9 Å². The number of hydrogen-bond donors (Lipinski definition) is 1. The van der Waals surface area contributed by atoms with Crippen molar-refractivity contribution in [2.24, 2.45) is 5.92 Å². The molecule has 3 rings (SSSR count). The van der Waals surface area contributed by atoms with Gasteiger partial charge in [0, 0.05) is 30.6 Å². The van der Waals surface area contributed by atoms with E-state index in [2.05, 4.69) is 52.5 Å². The molecule has 0 aliphatic carbocycles. The molecule has 1 aliphatic rings. The van der Waals surface area contributed by atoms with Gasteiger partial charge >= 0.3 is 0 Å². The van der Waals surface area contributed by atoms with Crippen LogP contribution in [0.5, 0.6) is 0 Å². The van der Waals surface area contributed by atoms with Crippen molar-refractivity contribution in [3.63, 3.8) is 0 Å². The van der Waals surface area contributed by atoms with Crippen LogP contribution in [-0.4, -0.2) is 34.9 Å². The molecule has 24 heavy (non-hydrogen) atoms. The van der Waals surface area contributed by atoms with Gasteiger partial charge in [-0.1, -0.05) is 12.1 Å². The first kappa shape index (κ1) is 16.9. The second kappa shape index (κ2) is 7.31. The van der Waals surface area contributed by atoms with E-state index in [1.54, 1.807) is 6.92 Å². The monoisotopic (exact) mass is 325 g/mol. The van der Waals surface area contributed by atoms with Crippen molar-refractivity contribution >= 4 is 16.8 Å². The highest BCUT2D eigenvalue weighted by molar-refractivity contribution is 5.79. The van der Waals surface area contributed by atoms with E-state index in [1.807, 2.05) is 6.92 Å². The molecule has 0 unspecified atom stereocenters. The second-order valence-electron chi connectivity index (χ2n) is 7.08. The summed E-state index contributed by atoms with van der Waals surface area (Å²) in [6.45, 7) is 8.93. The first-order chi connectivity index (χ1) is 11.5. The van der Waals surface area contributed by atoms with Crippen LogP contribution in [0.15, 0.2) is 30.3 Å². The first-order valence-corrected chi connectivity index (χ1v) is 8.87. The molecule has 1 N–H and O–H groups in total. The van der Waals surface area contributed by atoms with E-state index in [4.69, 9.17) is 0 Å². The van der Waals surface area contributed by atoms with Crippen LogP contribution in [0.25, 0.3) is 10.9 Å². The SMILES string of the molecule is CC(=O)N[C@H](C)C1CCN(Cc2ccc3nc(C)ccc3c2)CC1. The maximum Gasteiger partial charge on any atom is 0.217 e. The Morgan fingerprint density at radius 1 is 1.29 bits per heavy atom. The maximum atomic E-state index is 11.2. The molecule has 1 aromatic carbocycles. The quantitative estimate of drug-likeness (QED) is 0.938. The minimum atomic E-state index is 0.0740. The Labute approximate surface area is 144 Å². The predicted octanol–water partition coefficient (Wildman–Crippen LogP) is 3.28. The summed E-state index contributed by atoms with van der Waals surface area (Å²) in [5.41, 5.74) is 3.48. The molecule has 1 fully saturated rings. The Morgan fingerprint density at radius 2 is 2.04 bits per heavy atom. The molecule has 1 atom stereocenters. The highest BCUT2D eigenvalue weighted by atomic mass is 16.1. The molecule has 1 amide bonds. The van der Waals surface area contributed by atoms with Crippen molar-refractivity contribution < 1.29 is 4.79 Å². The van der Waals surface area contributed by atoms with Crippen molar-refractivity contribution in [1.82, 2.24) is 15.2 Å². The molecule has 0 saturated carbocycles. The van der Waals surface area contributed by atoms with Crippen molar-refractivity contribution in [3.8, 4) is 0 Å². The lowest BCUT2D eigenvalue weighted by atomic mass is 9.90. The number of carbonyl (C=O) groups is 1. The summed E-state index contributed by atoms with van der Waals surface area (Å²) in [5.74, 6) is 0.666. The lowest BCUT2D eigenvalue weighted by molar-refractivity contribution is -0.120. The van der Waals surface area contributed by atoms with Gasteiger partial charge in [0.25, 0.3) is 0 Å². The molecule has 1 aromatic heterocycles. The van der Waals surface area contributed by atoms with Crippen LogP contribution in [0.3, 0.4) is 0 Å². The fraction of sp³-hybridized carbons (Fsp3) is 0.500. The Morgan fingerprint density at radius 3 is 2.75 bits per heavy atom. The van der Waals surface area contributed by atoms with Crippen LogP contribution in [0.1, 0.15) is 37.9 Å². The van der Waals surface area contributed by atoms with Crippen LogP contribution in [0.2, 0.25) is 0 Å². The van der Waals surface area contributed by atoms with Crippen molar-refractivity contribution in [1.29, 1.82) is 0 Å². The number of hydrogen-bond acceptors (Lipinski definition) is 3. The minimum Gasteiger partial charge on any atom is -0.354 e. The van der Waals surface area contributed by atoms with Gasteiger partial charge in [-0.05, 0) is 69.5 Å². The van der Waals surface area contributed by atoms with Gasteiger partial charge in [0.2, 0.25) is 5.91 Å². The van der Waals surface area contributed by atoms with E-state index >= 15 is 0 Å². The number of aromatic nitrogens is 1. The number of benzene rings is 1. The number of carbonyl (C=O) groups excluding carboxylic acids is 1. The Hall–Kier alpha value is -1.94. The summed E-state index contributed by atoms with van der Waals surface area (Å²) in [4.78, 5) is 18.3. The summed E-state index contributed by atoms with van der Waals surface area (Å²) >= 11 is 0. The lowest BCUT2D eigenvalue weighted by Crippen LogP contribution is -2.43. The fourth-order valence-electron chi connectivity index (χ4n) is 3.68. The molecule has 1 aliphatic heterocycles. The number of likely N-dealkylation sites (tertiary alicyclic amines) is 1. The molecule has 2 heterocycles.